The van der Waals surface area contributed by atoms with E-state index in [1.54, 1.807) is 17.0 Å². The van der Waals surface area contributed by atoms with Gasteiger partial charge in [-0.2, -0.15) is 0 Å². The molecule has 1 aromatic heterocycles. The molecule has 0 bridgehead atoms. The van der Waals surface area contributed by atoms with E-state index in [1.807, 2.05) is 30.3 Å². The van der Waals surface area contributed by atoms with Crippen LogP contribution in [0.2, 0.25) is 0 Å². The van der Waals surface area contributed by atoms with Gasteiger partial charge in [-0.15, -0.1) is 0 Å². The highest BCUT2D eigenvalue weighted by atomic mass is 16.3. The predicted octanol–water partition coefficient (Wildman–Crippen LogP) is 2.08. The van der Waals surface area contributed by atoms with Crippen LogP contribution in [0.5, 0.6) is 0 Å². The standard InChI is InChI=1S/C20H19N3O3/c24-18(16-7-4-10-26-16)23-11-14-8-9-20(15(14)12-23)19(25)21-17(22-20)13-5-2-1-3-6-13/h1-7,10,14-15H,8-9,11-12H2,(H,21,22,25)/t14-,15+,20-/m0/s1. The first-order valence-corrected chi connectivity index (χ1v) is 8.97. The highest BCUT2D eigenvalue weighted by molar-refractivity contribution is 6.15. The van der Waals surface area contributed by atoms with Crippen molar-refractivity contribution in [2.75, 3.05) is 13.1 Å². The molecule has 3 aliphatic rings. The van der Waals surface area contributed by atoms with E-state index in [1.165, 1.54) is 6.26 Å². The number of hydrogen-bond acceptors (Lipinski definition) is 4. The number of nitrogens with one attached hydrogen (secondary N) is 1. The summed E-state index contributed by atoms with van der Waals surface area (Å²) < 4.78 is 5.24. The quantitative estimate of drug-likeness (QED) is 0.902. The van der Waals surface area contributed by atoms with Gasteiger partial charge in [-0.25, -0.2) is 0 Å². The van der Waals surface area contributed by atoms with Gasteiger partial charge in [0.1, 0.15) is 11.4 Å². The minimum Gasteiger partial charge on any atom is -0.459 e. The average Bonchev–Trinajstić information content (AvgIpc) is 3.42. The van der Waals surface area contributed by atoms with Gasteiger partial charge in [0, 0.05) is 24.6 Å². The summed E-state index contributed by atoms with van der Waals surface area (Å²) in [6.45, 7) is 1.21. The molecule has 3 heterocycles. The van der Waals surface area contributed by atoms with E-state index < -0.39 is 5.54 Å². The highest BCUT2D eigenvalue weighted by Gasteiger charge is 2.59. The number of aliphatic imine (C=N–C) groups is 1. The maximum absolute atomic E-state index is 12.9. The zero-order valence-electron chi connectivity index (χ0n) is 14.2. The Bertz CT molecular complexity index is 890. The van der Waals surface area contributed by atoms with Crippen LogP contribution in [0.25, 0.3) is 0 Å². The van der Waals surface area contributed by atoms with Crippen molar-refractivity contribution in [2.24, 2.45) is 16.8 Å². The largest absolute Gasteiger partial charge is 0.459 e. The number of rotatable bonds is 2. The van der Waals surface area contributed by atoms with Crippen molar-refractivity contribution >= 4 is 17.6 Å². The van der Waals surface area contributed by atoms with E-state index in [0.29, 0.717) is 30.6 Å². The predicted molar refractivity (Wildman–Crippen MR) is 94.7 cm³/mol. The van der Waals surface area contributed by atoms with E-state index >= 15 is 0 Å². The SMILES string of the molecule is O=C(c1ccco1)N1C[C@@H]2CC[C@]3(N=C(c4ccccc4)NC3=O)[C@@H]2C1. The Morgan fingerprint density at radius 1 is 1.19 bits per heavy atom. The zero-order chi connectivity index (χ0) is 17.7. The Hall–Kier alpha value is -2.89. The lowest BCUT2D eigenvalue weighted by molar-refractivity contribution is -0.124. The molecular weight excluding hydrogens is 330 g/mol. The second-order valence-electron chi connectivity index (χ2n) is 7.30. The van der Waals surface area contributed by atoms with Crippen LogP contribution < -0.4 is 5.32 Å². The molecule has 1 saturated carbocycles. The maximum atomic E-state index is 12.9. The van der Waals surface area contributed by atoms with Crippen molar-refractivity contribution in [1.82, 2.24) is 10.2 Å². The molecule has 5 rings (SSSR count). The monoisotopic (exact) mass is 349 g/mol. The molecule has 26 heavy (non-hydrogen) atoms. The molecule has 6 nitrogen and oxygen atoms in total. The Balaban J connectivity index is 1.43. The topological polar surface area (TPSA) is 74.9 Å². The number of fused-ring (bicyclic) bond motifs is 2. The summed E-state index contributed by atoms with van der Waals surface area (Å²) in [5, 5.41) is 2.98. The summed E-state index contributed by atoms with van der Waals surface area (Å²) in [5.41, 5.74) is 0.177. The number of likely N-dealkylation sites (tertiary alicyclic amines) is 1. The first kappa shape index (κ1) is 15.4. The van der Waals surface area contributed by atoms with Gasteiger partial charge in [0.15, 0.2) is 5.76 Å². The molecule has 0 unspecified atom stereocenters. The third-order valence-corrected chi connectivity index (χ3v) is 5.95. The van der Waals surface area contributed by atoms with E-state index in [2.05, 4.69) is 5.32 Å². The van der Waals surface area contributed by atoms with E-state index in [4.69, 9.17) is 9.41 Å². The van der Waals surface area contributed by atoms with Gasteiger partial charge >= 0.3 is 0 Å². The number of amidine groups is 1. The molecule has 1 spiro atoms. The third-order valence-electron chi connectivity index (χ3n) is 5.95. The van der Waals surface area contributed by atoms with Crippen molar-refractivity contribution in [3.05, 3.63) is 60.1 Å². The molecule has 0 radical (unpaired) electrons. The van der Waals surface area contributed by atoms with Gasteiger partial charge in [-0.05, 0) is 30.9 Å². The molecule has 1 N–H and O–H groups in total. The summed E-state index contributed by atoms with van der Waals surface area (Å²) in [7, 11) is 0. The first-order valence-electron chi connectivity index (χ1n) is 8.97. The lowest BCUT2D eigenvalue weighted by Crippen LogP contribution is -2.45. The molecule has 2 aromatic rings. The van der Waals surface area contributed by atoms with Crippen molar-refractivity contribution in [3.8, 4) is 0 Å². The van der Waals surface area contributed by atoms with Gasteiger partial charge in [0.25, 0.3) is 11.8 Å². The Morgan fingerprint density at radius 3 is 2.81 bits per heavy atom. The summed E-state index contributed by atoms with van der Waals surface area (Å²) in [5.74, 6) is 1.22. The number of hydrogen-bond donors (Lipinski definition) is 1. The van der Waals surface area contributed by atoms with Crippen molar-refractivity contribution in [1.29, 1.82) is 0 Å². The number of carbonyl (C=O) groups is 2. The molecule has 1 aliphatic carbocycles. The van der Waals surface area contributed by atoms with Gasteiger partial charge in [0.2, 0.25) is 0 Å². The fourth-order valence-electron chi connectivity index (χ4n) is 4.66. The Morgan fingerprint density at radius 2 is 2.04 bits per heavy atom. The number of amides is 2. The summed E-state index contributed by atoms with van der Waals surface area (Å²) >= 11 is 0. The van der Waals surface area contributed by atoms with Crippen molar-refractivity contribution in [3.63, 3.8) is 0 Å². The molecule has 3 atom stereocenters. The van der Waals surface area contributed by atoms with E-state index in [-0.39, 0.29) is 17.7 Å². The third kappa shape index (κ3) is 2.14. The fourth-order valence-corrected chi connectivity index (χ4v) is 4.66. The average molecular weight is 349 g/mol. The van der Waals surface area contributed by atoms with Gasteiger partial charge in [-0.1, -0.05) is 30.3 Å². The van der Waals surface area contributed by atoms with Crippen LogP contribution in [0.3, 0.4) is 0 Å². The number of carbonyl (C=O) groups excluding carboxylic acids is 2. The van der Waals surface area contributed by atoms with Crippen LogP contribution in [0.4, 0.5) is 0 Å². The smallest absolute Gasteiger partial charge is 0.289 e. The summed E-state index contributed by atoms with van der Waals surface area (Å²) in [6.07, 6.45) is 3.16. The van der Waals surface area contributed by atoms with Crippen LogP contribution in [0.15, 0.2) is 58.1 Å². The lowest BCUT2D eigenvalue weighted by Gasteiger charge is -2.25. The highest BCUT2D eigenvalue weighted by Crippen LogP contribution is 2.49. The van der Waals surface area contributed by atoms with Gasteiger partial charge in [0.05, 0.1) is 6.26 Å². The van der Waals surface area contributed by atoms with Crippen molar-refractivity contribution < 1.29 is 14.0 Å². The van der Waals surface area contributed by atoms with Crippen LogP contribution in [-0.2, 0) is 4.79 Å². The minimum absolute atomic E-state index is 0.0313. The molecule has 1 saturated heterocycles. The molecule has 2 amide bonds. The van der Waals surface area contributed by atoms with Crippen LogP contribution in [0.1, 0.15) is 29.0 Å². The lowest BCUT2D eigenvalue weighted by atomic mass is 9.85. The second kappa shape index (κ2) is 5.56. The zero-order valence-corrected chi connectivity index (χ0v) is 14.2. The number of furan rings is 1. The normalized spacial score (nSPS) is 29.8. The number of benzene rings is 1. The number of nitrogens with zero attached hydrogens (tertiary/aromatic N) is 2. The van der Waals surface area contributed by atoms with Gasteiger partial charge < -0.3 is 14.6 Å². The second-order valence-corrected chi connectivity index (χ2v) is 7.30. The Labute approximate surface area is 150 Å². The van der Waals surface area contributed by atoms with Gasteiger partial charge in [-0.3, -0.25) is 14.6 Å². The minimum atomic E-state index is -0.742. The van der Waals surface area contributed by atoms with Crippen LogP contribution in [0, 0.1) is 11.8 Å². The molecule has 2 aliphatic heterocycles. The molecule has 6 heteroatoms. The Kier molecular flexibility index (Phi) is 3.29. The molecule has 2 fully saturated rings. The molecule has 132 valence electrons. The van der Waals surface area contributed by atoms with E-state index in [0.717, 1.165) is 18.4 Å². The molecular formula is C20H19N3O3. The van der Waals surface area contributed by atoms with Crippen molar-refractivity contribution in [2.45, 2.75) is 18.4 Å². The molecule has 1 aromatic carbocycles. The summed E-state index contributed by atoms with van der Waals surface area (Å²) in [4.78, 5) is 32.2. The first-order chi connectivity index (χ1) is 12.7. The summed E-state index contributed by atoms with van der Waals surface area (Å²) in [6, 6.07) is 13.1. The fraction of sp³-hybridized carbons (Fsp3) is 0.350. The van der Waals surface area contributed by atoms with E-state index in [9.17, 15) is 9.59 Å². The van der Waals surface area contributed by atoms with Crippen LogP contribution >= 0.6 is 0 Å². The maximum Gasteiger partial charge on any atom is 0.289 e. The van der Waals surface area contributed by atoms with Crippen LogP contribution in [-0.4, -0.2) is 41.2 Å².